The largest absolute Gasteiger partial charge is 0.417 e. The van der Waals surface area contributed by atoms with Gasteiger partial charge in [0.15, 0.2) is 0 Å². The zero-order valence-corrected chi connectivity index (χ0v) is 15.2. The van der Waals surface area contributed by atoms with Crippen LogP contribution in [0.1, 0.15) is 21.5 Å². The number of hydrogen-bond donors (Lipinski definition) is 1. The van der Waals surface area contributed by atoms with Gasteiger partial charge in [0.05, 0.1) is 17.2 Å². The average molecular weight is 402 g/mol. The average Bonchev–Trinajstić information content (AvgIpc) is 2.72. The molecule has 29 heavy (non-hydrogen) atoms. The molecule has 150 valence electrons. The van der Waals surface area contributed by atoms with E-state index in [2.05, 4.69) is 0 Å². The van der Waals surface area contributed by atoms with Crippen LogP contribution in [0, 0.1) is 11.3 Å². The van der Waals surface area contributed by atoms with Crippen LogP contribution in [0.15, 0.2) is 48.5 Å². The minimum Gasteiger partial charge on any atom is -0.368 e. The van der Waals surface area contributed by atoms with Crippen LogP contribution in [-0.2, 0) is 11.0 Å². The maximum Gasteiger partial charge on any atom is 0.417 e. The third-order valence-corrected chi connectivity index (χ3v) is 4.78. The Balaban J connectivity index is 1.88. The number of amides is 2. The first-order chi connectivity index (χ1) is 13.7. The van der Waals surface area contributed by atoms with Crippen LogP contribution in [0.5, 0.6) is 0 Å². The number of piperazine rings is 1. The van der Waals surface area contributed by atoms with Crippen LogP contribution in [0.4, 0.5) is 18.9 Å². The molecule has 0 radical (unpaired) electrons. The van der Waals surface area contributed by atoms with E-state index in [1.807, 2.05) is 0 Å². The lowest BCUT2D eigenvalue weighted by Gasteiger charge is -2.41. The first-order valence-electron chi connectivity index (χ1n) is 8.74. The number of nitrogens with two attached hydrogens (primary N) is 1. The Kier molecular flexibility index (Phi) is 5.46. The second kappa shape index (κ2) is 7.83. The van der Waals surface area contributed by atoms with Crippen molar-refractivity contribution in [2.24, 2.45) is 5.73 Å². The fourth-order valence-electron chi connectivity index (χ4n) is 3.31. The molecular weight excluding hydrogens is 385 g/mol. The molecule has 1 aliphatic rings. The topological polar surface area (TPSA) is 90.4 Å². The van der Waals surface area contributed by atoms with Crippen LogP contribution in [0.3, 0.4) is 0 Å². The summed E-state index contributed by atoms with van der Waals surface area (Å²) in [7, 11) is 0. The molecule has 1 atom stereocenters. The van der Waals surface area contributed by atoms with Gasteiger partial charge in [-0.3, -0.25) is 9.59 Å². The number of carbonyl (C=O) groups is 2. The van der Waals surface area contributed by atoms with Gasteiger partial charge in [-0.15, -0.1) is 0 Å². The third kappa shape index (κ3) is 4.16. The number of carbonyl (C=O) groups excluding carboxylic acids is 2. The minimum absolute atomic E-state index is 0.0445. The second-order valence-electron chi connectivity index (χ2n) is 6.57. The van der Waals surface area contributed by atoms with E-state index in [4.69, 9.17) is 11.0 Å². The first kappa shape index (κ1) is 20.2. The molecule has 3 rings (SSSR count). The van der Waals surface area contributed by atoms with Crippen molar-refractivity contribution in [2.45, 2.75) is 12.2 Å². The van der Waals surface area contributed by atoms with Crippen LogP contribution in [0.25, 0.3) is 0 Å². The van der Waals surface area contributed by atoms with Crippen molar-refractivity contribution in [2.75, 3.05) is 24.5 Å². The van der Waals surface area contributed by atoms with Crippen molar-refractivity contribution in [3.63, 3.8) is 0 Å². The molecule has 2 aromatic carbocycles. The highest BCUT2D eigenvalue weighted by Gasteiger charge is 2.37. The van der Waals surface area contributed by atoms with Crippen molar-refractivity contribution < 1.29 is 22.8 Å². The van der Waals surface area contributed by atoms with Crippen molar-refractivity contribution in [3.8, 4) is 6.07 Å². The Labute approximate surface area is 164 Å². The molecule has 0 spiro atoms. The molecule has 0 saturated carbocycles. The fourth-order valence-corrected chi connectivity index (χ4v) is 3.31. The van der Waals surface area contributed by atoms with Gasteiger partial charge < -0.3 is 15.5 Å². The molecule has 0 bridgehead atoms. The standard InChI is InChI=1S/C20H17F3N4O2/c21-20(22,23)16-10-15(7-6-14(16)11-24)26-8-9-27(17(12-26)18(25)28)19(29)13-4-2-1-3-5-13/h1-7,10,17H,8-9,12H2,(H2,25,28). The normalized spacial score (nSPS) is 17.0. The van der Waals surface area contributed by atoms with E-state index in [0.717, 1.165) is 12.1 Å². The summed E-state index contributed by atoms with van der Waals surface area (Å²) in [5.74, 6) is -1.12. The molecule has 2 N–H and O–H groups in total. The lowest BCUT2D eigenvalue weighted by Crippen LogP contribution is -2.60. The third-order valence-electron chi connectivity index (χ3n) is 4.78. The van der Waals surface area contributed by atoms with Gasteiger partial charge in [-0.1, -0.05) is 18.2 Å². The van der Waals surface area contributed by atoms with E-state index in [-0.39, 0.29) is 31.2 Å². The van der Waals surface area contributed by atoms with Gasteiger partial charge in [-0.05, 0) is 30.3 Å². The van der Waals surface area contributed by atoms with E-state index in [0.29, 0.717) is 5.56 Å². The summed E-state index contributed by atoms with van der Waals surface area (Å²) in [6.45, 7) is 0.283. The highest BCUT2D eigenvalue weighted by molar-refractivity contribution is 5.97. The molecule has 1 heterocycles. The van der Waals surface area contributed by atoms with Gasteiger partial charge in [-0.25, -0.2) is 0 Å². The molecule has 6 nitrogen and oxygen atoms in total. The Morgan fingerprint density at radius 3 is 2.38 bits per heavy atom. The van der Waals surface area contributed by atoms with Crippen LogP contribution < -0.4 is 10.6 Å². The summed E-state index contributed by atoms with van der Waals surface area (Å²) in [6.07, 6.45) is -4.69. The van der Waals surface area contributed by atoms with Gasteiger partial charge in [0, 0.05) is 30.9 Å². The quantitative estimate of drug-likeness (QED) is 0.854. The molecular formula is C20H17F3N4O2. The number of alkyl halides is 3. The van der Waals surface area contributed by atoms with Crippen molar-refractivity contribution >= 4 is 17.5 Å². The molecule has 0 aliphatic carbocycles. The molecule has 1 saturated heterocycles. The van der Waals surface area contributed by atoms with Crippen LogP contribution >= 0.6 is 0 Å². The maximum atomic E-state index is 13.2. The predicted molar refractivity (Wildman–Crippen MR) is 98.8 cm³/mol. The Bertz CT molecular complexity index is 970. The number of nitrogens with zero attached hydrogens (tertiary/aromatic N) is 3. The van der Waals surface area contributed by atoms with Crippen molar-refractivity contribution in [3.05, 3.63) is 65.2 Å². The van der Waals surface area contributed by atoms with E-state index >= 15 is 0 Å². The van der Waals surface area contributed by atoms with Crippen molar-refractivity contribution in [1.29, 1.82) is 5.26 Å². The smallest absolute Gasteiger partial charge is 0.368 e. The Morgan fingerprint density at radius 2 is 1.79 bits per heavy atom. The van der Waals surface area contributed by atoms with Gasteiger partial charge >= 0.3 is 6.18 Å². The fraction of sp³-hybridized carbons (Fsp3) is 0.250. The number of rotatable bonds is 3. The summed E-state index contributed by atoms with van der Waals surface area (Å²) in [5, 5.41) is 8.93. The molecule has 2 aromatic rings. The maximum absolute atomic E-state index is 13.2. The Morgan fingerprint density at radius 1 is 1.10 bits per heavy atom. The summed E-state index contributed by atoms with van der Waals surface area (Å²) in [6, 6.07) is 12.3. The predicted octanol–water partition coefficient (Wildman–Crippen LogP) is 2.39. The molecule has 9 heteroatoms. The molecule has 0 aromatic heterocycles. The van der Waals surface area contributed by atoms with E-state index in [1.54, 1.807) is 35.2 Å². The van der Waals surface area contributed by atoms with Gasteiger partial charge in [0.1, 0.15) is 6.04 Å². The molecule has 1 fully saturated rings. The first-order valence-corrected chi connectivity index (χ1v) is 8.74. The lowest BCUT2D eigenvalue weighted by molar-refractivity contribution is -0.137. The van der Waals surface area contributed by atoms with Gasteiger partial charge in [0.2, 0.25) is 5.91 Å². The zero-order valence-electron chi connectivity index (χ0n) is 15.2. The number of halogens is 3. The molecule has 1 unspecified atom stereocenters. The van der Waals surface area contributed by atoms with Gasteiger partial charge in [-0.2, -0.15) is 18.4 Å². The minimum atomic E-state index is -4.69. The van der Waals surface area contributed by atoms with Gasteiger partial charge in [0.25, 0.3) is 5.91 Å². The van der Waals surface area contributed by atoms with Crippen molar-refractivity contribution in [1.82, 2.24) is 4.90 Å². The highest BCUT2D eigenvalue weighted by Crippen LogP contribution is 2.35. The zero-order chi connectivity index (χ0) is 21.2. The Hall–Kier alpha value is -3.54. The number of primary amides is 1. The summed E-state index contributed by atoms with van der Waals surface area (Å²) >= 11 is 0. The summed E-state index contributed by atoms with van der Waals surface area (Å²) in [5.41, 5.74) is 4.55. The van der Waals surface area contributed by atoms with Crippen LogP contribution in [0.2, 0.25) is 0 Å². The highest BCUT2D eigenvalue weighted by atomic mass is 19.4. The summed E-state index contributed by atoms with van der Waals surface area (Å²) in [4.78, 5) is 27.6. The lowest BCUT2D eigenvalue weighted by atomic mass is 10.0. The van der Waals surface area contributed by atoms with E-state index in [1.165, 1.54) is 17.0 Å². The summed E-state index contributed by atoms with van der Waals surface area (Å²) < 4.78 is 39.7. The molecule has 2 amide bonds. The second-order valence-corrected chi connectivity index (χ2v) is 6.57. The number of nitriles is 1. The SMILES string of the molecule is N#Cc1ccc(N2CCN(C(=O)c3ccccc3)C(C(N)=O)C2)cc1C(F)(F)F. The number of hydrogen-bond acceptors (Lipinski definition) is 4. The molecule has 1 aliphatic heterocycles. The number of benzene rings is 2. The van der Waals surface area contributed by atoms with Crippen LogP contribution in [-0.4, -0.2) is 42.4 Å². The van der Waals surface area contributed by atoms with E-state index in [9.17, 15) is 22.8 Å². The van der Waals surface area contributed by atoms with E-state index < -0.39 is 29.3 Å². The number of anilines is 1. The monoisotopic (exact) mass is 402 g/mol.